The Morgan fingerprint density at radius 2 is 1.07 bits per heavy atom. The van der Waals surface area contributed by atoms with Crippen LogP contribution in [0.15, 0.2) is 145 Å². The number of carbonyl (C=O) groups excluding carboxylic acids is 2. The van der Waals surface area contributed by atoms with E-state index in [1.54, 1.807) is 49.3 Å². The molecule has 0 atom stereocenters. The predicted octanol–water partition coefficient (Wildman–Crippen LogP) is 14.3. The van der Waals surface area contributed by atoms with E-state index in [0.717, 1.165) is 71.3 Å². The molecular formula is C51H48BrCl3I3N7O5S. The summed E-state index contributed by atoms with van der Waals surface area (Å²) in [6, 6.07) is 32.2. The number of carboxylic acids is 1. The molecule has 5 aromatic carbocycles. The normalized spacial score (nSPS) is 10.1. The minimum atomic E-state index is -1.67. The monoisotopic (exact) mass is 1430 g/mol. The molecule has 20 heteroatoms. The van der Waals surface area contributed by atoms with Crippen molar-refractivity contribution in [1.82, 2.24) is 24.1 Å². The van der Waals surface area contributed by atoms with Gasteiger partial charge in [-0.15, -0.1) is 0 Å². The number of halogens is 7. The number of pyridine rings is 1. The van der Waals surface area contributed by atoms with Crippen LogP contribution in [0.1, 0.15) is 70.0 Å². The standard InChI is InChI=1S/C19H17IN2O.C10H11N3.C8H6ClIO.C8H7IO2.C6H7BrN2.Cl2OS/c1-13-7-15(9-17(8-13)22-6-5-21-12-22)10-19(23)16-4-3-14(2)18(20)11-16;1-8-4-9(11)6-10(5-8)13-3-2-12-7-13;1-5-2-3-6(8(9)11)4-7(5)10;1-5-2-3-6(8(10)11)4-7(5)9;1-4-2-5(7)9-6(8)3-4;1-4(2)3/h3-9,11-12H,10H2,1-2H3;2-7H,11H2,1H3;2-4H,1H3;2-4H,1H3,(H,10,11);2-3H,1H3,(H2,8,9);. The van der Waals surface area contributed by atoms with E-state index < -0.39 is 20.4 Å². The summed E-state index contributed by atoms with van der Waals surface area (Å²) in [6.45, 7) is 12.0. The summed E-state index contributed by atoms with van der Waals surface area (Å²) in [5, 5.41) is 8.20. The molecule has 8 rings (SSSR count). The summed E-state index contributed by atoms with van der Waals surface area (Å²) in [6.07, 6.45) is 11.2. The highest BCUT2D eigenvalue weighted by Gasteiger charge is 2.11. The van der Waals surface area contributed by atoms with Crippen LogP contribution in [-0.4, -0.2) is 50.4 Å². The molecule has 3 heterocycles. The van der Waals surface area contributed by atoms with Crippen molar-refractivity contribution in [1.29, 1.82) is 0 Å². The number of nitrogen functional groups attached to an aromatic ring is 2. The average Bonchev–Trinajstić information content (AvgIpc) is 4.03. The molecule has 3 aromatic heterocycles. The Labute approximate surface area is 479 Å². The molecule has 0 radical (unpaired) electrons. The van der Waals surface area contributed by atoms with Crippen molar-refractivity contribution in [3.05, 3.63) is 212 Å². The number of imidazole rings is 2. The third kappa shape index (κ3) is 22.6. The number of rotatable bonds is 7. The van der Waals surface area contributed by atoms with Crippen LogP contribution in [0.25, 0.3) is 11.4 Å². The van der Waals surface area contributed by atoms with Crippen molar-refractivity contribution in [2.24, 2.45) is 0 Å². The quantitative estimate of drug-likeness (QED) is 0.0455. The largest absolute Gasteiger partial charge is 0.478 e. The van der Waals surface area contributed by atoms with Crippen molar-refractivity contribution in [2.75, 3.05) is 11.5 Å². The van der Waals surface area contributed by atoms with Gasteiger partial charge in [-0.3, -0.25) is 9.59 Å². The molecule has 0 aliphatic carbocycles. The molecule has 8 aromatic rings. The summed E-state index contributed by atoms with van der Waals surface area (Å²) in [5.74, 6) is -0.171. The molecular weight excluding hydrogens is 1390 g/mol. The number of benzene rings is 5. The number of nitrogens with two attached hydrogens (primary N) is 2. The number of aryl methyl sites for hydroxylation is 6. The maximum Gasteiger partial charge on any atom is 0.335 e. The number of anilines is 2. The molecule has 5 N–H and O–H groups in total. The molecule has 0 bridgehead atoms. The first-order chi connectivity index (χ1) is 33.4. The van der Waals surface area contributed by atoms with Crippen LogP contribution in [0.4, 0.5) is 11.5 Å². The van der Waals surface area contributed by atoms with Gasteiger partial charge < -0.3 is 25.7 Å². The molecule has 0 saturated carbocycles. The molecule has 12 nitrogen and oxygen atoms in total. The SMILES string of the molecule is Cc1cc(CC(=O)c2ccc(C)c(I)c2)cc(-n2ccnc2)c1.Cc1cc(N)cc(-n2ccnc2)c1.Cc1cc(N)nc(Br)c1.Cc1ccc(C(=O)Cl)cc1I.Cc1ccc(C(=O)O)cc1I.O=S(Cl)Cl. The minimum Gasteiger partial charge on any atom is -0.478 e. The van der Waals surface area contributed by atoms with E-state index in [2.05, 4.69) is 138 Å². The van der Waals surface area contributed by atoms with E-state index in [-0.39, 0.29) is 5.78 Å². The summed E-state index contributed by atoms with van der Waals surface area (Å²) in [5.41, 5.74) is 23.6. The van der Waals surface area contributed by atoms with Crippen molar-refractivity contribution in [3.63, 3.8) is 0 Å². The second kappa shape index (κ2) is 30.7. The van der Waals surface area contributed by atoms with Crippen molar-refractivity contribution in [2.45, 2.75) is 48.0 Å². The highest BCUT2D eigenvalue weighted by atomic mass is 127. The Bertz CT molecular complexity index is 2960. The lowest BCUT2D eigenvalue weighted by atomic mass is 10.0. The average molecular weight is 1440 g/mol. The number of ketones is 1. The predicted molar refractivity (Wildman–Crippen MR) is 319 cm³/mol. The second-order valence-electron chi connectivity index (χ2n) is 15.4. The van der Waals surface area contributed by atoms with Gasteiger partial charge in [0.2, 0.25) is 9.23 Å². The fourth-order valence-electron chi connectivity index (χ4n) is 6.00. The van der Waals surface area contributed by atoms with Gasteiger partial charge in [0.05, 0.1) is 18.2 Å². The van der Waals surface area contributed by atoms with Gasteiger partial charge in [0.25, 0.3) is 5.24 Å². The maximum absolute atomic E-state index is 12.6. The molecule has 0 saturated heterocycles. The Morgan fingerprint density at radius 3 is 1.49 bits per heavy atom. The van der Waals surface area contributed by atoms with Gasteiger partial charge in [-0.05, 0) is 249 Å². The third-order valence-corrected chi connectivity index (χ3v) is 13.6. The van der Waals surface area contributed by atoms with Gasteiger partial charge in [-0.1, -0.05) is 30.3 Å². The zero-order chi connectivity index (χ0) is 52.9. The Hall–Kier alpha value is -4.23. The third-order valence-electron chi connectivity index (χ3n) is 9.45. The first-order valence-electron chi connectivity index (χ1n) is 20.8. The summed E-state index contributed by atoms with van der Waals surface area (Å²) >= 11 is 15.1. The molecule has 0 aliphatic heterocycles. The van der Waals surface area contributed by atoms with Crippen LogP contribution in [0.5, 0.6) is 0 Å². The zero-order valence-corrected chi connectivity index (χ0v) is 50.2. The van der Waals surface area contributed by atoms with Gasteiger partial charge in [-0.2, -0.15) is 0 Å². The van der Waals surface area contributed by atoms with E-state index in [1.807, 2.05) is 124 Å². The first-order valence-corrected chi connectivity index (χ1v) is 28.0. The second-order valence-corrected chi connectivity index (χ2v) is 22.5. The lowest BCUT2D eigenvalue weighted by Crippen LogP contribution is -2.05. The fraction of sp³-hybridized carbons (Fsp3) is 0.137. The zero-order valence-electron chi connectivity index (χ0n) is 39.0. The van der Waals surface area contributed by atoms with E-state index in [4.69, 9.17) is 32.4 Å². The van der Waals surface area contributed by atoms with E-state index in [1.165, 1.54) is 5.56 Å². The summed E-state index contributed by atoms with van der Waals surface area (Å²) in [7, 11) is 7.36. The van der Waals surface area contributed by atoms with Gasteiger partial charge >= 0.3 is 5.97 Å². The minimum absolute atomic E-state index is 0.144. The van der Waals surface area contributed by atoms with Gasteiger partial charge in [0, 0.05) is 91.5 Å². The maximum atomic E-state index is 12.6. The highest BCUT2D eigenvalue weighted by molar-refractivity contribution is 14.1. The highest BCUT2D eigenvalue weighted by Crippen LogP contribution is 2.20. The van der Waals surface area contributed by atoms with Gasteiger partial charge in [0.1, 0.15) is 10.4 Å². The number of Topliss-reactive ketones (excluding diaryl/α,β-unsaturated/α-hetero) is 1. The summed E-state index contributed by atoms with van der Waals surface area (Å²) < 4.78 is 16.9. The number of aromatic nitrogens is 5. The van der Waals surface area contributed by atoms with Gasteiger partial charge in [0.15, 0.2) is 5.78 Å². The lowest BCUT2D eigenvalue weighted by molar-refractivity contribution is 0.0696. The molecule has 0 amide bonds. The topological polar surface area (TPSA) is 189 Å². The van der Waals surface area contributed by atoms with Crippen LogP contribution in [0.2, 0.25) is 0 Å². The van der Waals surface area contributed by atoms with E-state index >= 15 is 0 Å². The number of nitrogens with zero attached hydrogens (tertiary/aromatic N) is 5. The van der Waals surface area contributed by atoms with Crippen molar-refractivity contribution < 1.29 is 23.7 Å². The van der Waals surface area contributed by atoms with Crippen LogP contribution < -0.4 is 11.5 Å². The van der Waals surface area contributed by atoms with Crippen molar-refractivity contribution in [3.8, 4) is 11.4 Å². The van der Waals surface area contributed by atoms with Crippen LogP contribution in [0.3, 0.4) is 0 Å². The van der Waals surface area contributed by atoms with Crippen LogP contribution in [-0.2, 0) is 15.6 Å². The number of hydrogen-bond acceptors (Lipinski definition) is 9. The molecule has 71 heavy (non-hydrogen) atoms. The smallest absolute Gasteiger partial charge is 0.335 e. The lowest BCUT2D eigenvalue weighted by Gasteiger charge is -2.09. The van der Waals surface area contributed by atoms with E-state index in [0.29, 0.717) is 23.4 Å². The summed E-state index contributed by atoms with van der Waals surface area (Å²) in [4.78, 5) is 45.7. The Morgan fingerprint density at radius 1 is 0.634 bits per heavy atom. The Kier molecular flexibility index (Phi) is 26.4. The number of hydrogen-bond donors (Lipinski definition) is 3. The van der Waals surface area contributed by atoms with Crippen LogP contribution in [0, 0.1) is 52.3 Å². The number of carboxylic acid groups (broad SMARTS) is 1. The molecule has 0 unspecified atom stereocenters. The first kappa shape index (κ1) is 61.1. The van der Waals surface area contributed by atoms with Gasteiger partial charge in [-0.25, -0.2) is 24.0 Å². The Balaban J connectivity index is 0.000000241. The van der Waals surface area contributed by atoms with Crippen molar-refractivity contribution >= 4 is 154 Å². The molecule has 0 aliphatic rings. The fourth-order valence-corrected chi connectivity index (χ4v) is 8.23. The molecule has 0 fully saturated rings. The molecule has 0 spiro atoms. The number of carbonyl (C=O) groups is 3. The molecule has 372 valence electrons. The van der Waals surface area contributed by atoms with Crippen LogP contribution >= 0.6 is 117 Å². The number of aromatic carboxylic acids is 1. The van der Waals surface area contributed by atoms with E-state index in [9.17, 15) is 14.4 Å².